The maximum Gasteiger partial charge on any atom is 0.271 e. The number of hydrogen-bond acceptors (Lipinski definition) is 6. The molecule has 1 amide bonds. The van der Waals surface area contributed by atoms with Crippen molar-refractivity contribution in [3.63, 3.8) is 0 Å². The number of sulfonamides is 1. The first-order valence-electron chi connectivity index (χ1n) is 6.96. The van der Waals surface area contributed by atoms with E-state index in [2.05, 4.69) is 5.43 Å². The molecule has 2 aromatic carbocycles. The van der Waals surface area contributed by atoms with Gasteiger partial charge in [0.25, 0.3) is 21.6 Å². The van der Waals surface area contributed by atoms with Gasteiger partial charge in [-0.05, 0) is 25.1 Å². The van der Waals surface area contributed by atoms with Crippen LogP contribution >= 0.6 is 0 Å². The minimum absolute atomic E-state index is 0.0947. The van der Waals surface area contributed by atoms with Gasteiger partial charge in [-0.2, -0.15) is 0 Å². The van der Waals surface area contributed by atoms with E-state index in [1.165, 1.54) is 19.2 Å². The molecule has 2 rings (SSSR count). The second-order valence-corrected chi connectivity index (χ2v) is 6.67. The first kappa shape index (κ1) is 18.4. The van der Waals surface area contributed by atoms with E-state index in [9.17, 15) is 23.3 Å². The molecule has 25 heavy (non-hydrogen) atoms. The van der Waals surface area contributed by atoms with Crippen LogP contribution in [0, 0.1) is 17.0 Å². The van der Waals surface area contributed by atoms with Crippen molar-refractivity contribution in [2.75, 3.05) is 7.11 Å². The molecule has 0 radical (unpaired) electrons. The summed E-state index contributed by atoms with van der Waals surface area (Å²) in [6, 6.07) is 9.59. The van der Waals surface area contributed by atoms with E-state index < -0.39 is 31.4 Å². The number of rotatable bonds is 6. The highest BCUT2D eigenvalue weighted by Crippen LogP contribution is 2.27. The van der Waals surface area contributed by atoms with Gasteiger partial charge in [-0.3, -0.25) is 20.3 Å². The number of hydrazine groups is 1. The molecule has 0 aromatic heterocycles. The Morgan fingerprint density at radius 1 is 1.16 bits per heavy atom. The van der Waals surface area contributed by atoms with Crippen LogP contribution in [0.1, 0.15) is 15.9 Å². The van der Waals surface area contributed by atoms with Gasteiger partial charge in [0.2, 0.25) is 0 Å². The van der Waals surface area contributed by atoms with Crippen molar-refractivity contribution in [3.8, 4) is 5.75 Å². The summed E-state index contributed by atoms with van der Waals surface area (Å²) in [7, 11) is -3.05. The number of nitrogens with zero attached hydrogens (tertiary/aromatic N) is 1. The van der Waals surface area contributed by atoms with Crippen LogP contribution in [0.4, 0.5) is 5.69 Å². The molecule has 0 bridgehead atoms. The van der Waals surface area contributed by atoms with Crippen LogP contribution in [0.3, 0.4) is 0 Å². The van der Waals surface area contributed by atoms with E-state index in [0.29, 0.717) is 0 Å². The van der Waals surface area contributed by atoms with E-state index in [0.717, 1.165) is 23.8 Å². The van der Waals surface area contributed by atoms with Gasteiger partial charge in [0.15, 0.2) is 0 Å². The molecule has 0 atom stereocenters. The number of nitrogens with one attached hydrogen (secondary N) is 2. The summed E-state index contributed by atoms with van der Waals surface area (Å²) in [6.45, 7) is 1.85. The van der Waals surface area contributed by atoms with Crippen molar-refractivity contribution >= 4 is 21.6 Å². The number of methoxy groups -OCH3 is 1. The highest BCUT2D eigenvalue weighted by atomic mass is 32.2. The van der Waals surface area contributed by atoms with Crippen molar-refractivity contribution in [3.05, 3.63) is 63.7 Å². The summed E-state index contributed by atoms with van der Waals surface area (Å²) >= 11 is 0. The minimum Gasteiger partial charge on any atom is -0.495 e. The van der Waals surface area contributed by atoms with E-state index in [4.69, 9.17) is 4.74 Å². The van der Waals surface area contributed by atoms with Crippen molar-refractivity contribution in [2.24, 2.45) is 0 Å². The van der Waals surface area contributed by atoms with Gasteiger partial charge in [-0.1, -0.05) is 17.7 Å². The summed E-state index contributed by atoms with van der Waals surface area (Å²) in [5, 5.41) is 10.8. The van der Waals surface area contributed by atoms with Crippen molar-refractivity contribution in [1.82, 2.24) is 10.3 Å². The van der Waals surface area contributed by atoms with Crippen LogP contribution in [-0.4, -0.2) is 26.4 Å². The average molecular weight is 365 g/mol. The highest BCUT2D eigenvalue weighted by molar-refractivity contribution is 7.89. The summed E-state index contributed by atoms with van der Waals surface area (Å²) in [6.07, 6.45) is 0. The SMILES string of the molecule is COc1ccc([N+](=O)[O-])cc1S(=O)(=O)NNC(=O)c1ccc(C)cc1. The summed E-state index contributed by atoms with van der Waals surface area (Å²) < 4.78 is 29.6. The van der Waals surface area contributed by atoms with Crippen LogP contribution < -0.4 is 15.0 Å². The van der Waals surface area contributed by atoms with Crippen LogP contribution in [0.25, 0.3) is 0 Å². The normalized spacial score (nSPS) is 11.0. The smallest absolute Gasteiger partial charge is 0.271 e. The molecule has 10 heteroatoms. The predicted molar refractivity (Wildman–Crippen MR) is 88.6 cm³/mol. The van der Waals surface area contributed by atoms with Gasteiger partial charge in [-0.15, -0.1) is 4.83 Å². The van der Waals surface area contributed by atoms with E-state index in [-0.39, 0.29) is 11.3 Å². The molecule has 2 N–H and O–H groups in total. The molecule has 0 fully saturated rings. The van der Waals surface area contributed by atoms with Crippen LogP contribution in [0.15, 0.2) is 47.4 Å². The molecule has 0 unspecified atom stereocenters. The quantitative estimate of drug-likeness (QED) is 0.590. The van der Waals surface area contributed by atoms with Gasteiger partial charge < -0.3 is 4.74 Å². The van der Waals surface area contributed by atoms with Gasteiger partial charge in [0, 0.05) is 17.7 Å². The zero-order chi connectivity index (χ0) is 18.6. The van der Waals surface area contributed by atoms with Crippen molar-refractivity contribution in [1.29, 1.82) is 0 Å². The zero-order valence-corrected chi connectivity index (χ0v) is 14.2. The number of ether oxygens (including phenoxy) is 1. The fraction of sp³-hybridized carbons (Fsp3) is 0.133. The minimum atomic E-state index is -4.28. The Morgan fingerprint density at radius 3 is 2.36 bits per heavy atom. The van der Waals surface area contributed by atoms with E-state index >= 15 is 0 Å². The molecule has 0 heterocycles. The molecular formula is C15H15N3O6S. The molecule has 0 aliphatic carbocycles. The number of carbonyl (C=O) groups excluding carboxylic acids is 1. The van der Waals surface area contributed by atoms with Crippen molar-refractivity contribution < 1.29 is 22.9 Å². The first-order valence-corrected chi connectivity index (χ1v) is 8.44. The predicted octanol–water partition coefficient (Wildman–Crippen LogP) is 1.54. The molecule has 0 saturated carbocycles. The number of non-ortho nitro benzene ring substituents is 1. The fourth-order valence-corrected chi connectivity index (χ4v) is 2.96. The summed E-state index contributed by atoms with van der Waals surface area (Å²) in [5.74, 6) is -0.768. The maximum atomic E-state index is 12.3. The Bertz CT molecular complexity index is 909. The van der Waals surface area contributed by atoms with Crippen LogP contribution in [-0.2, 0) is 10.0 Å². The Labute approximate surface area is 143 Å². The van der Waals surface area contributed by atoms with Gasteiger partial charge >= 0.3 is 0 Å². The third-order valence-corrected chi connectivity index (χ3v) is 4.53. The number of nitro benzene ring substituents is 1. The zero-order valence-electron chi connectivity index (χ0n) is 13.3. The molecule has 0 aliphatic heterocycles. The topological polar surface area (TPSA) is 128 Å². The lowest BCUT2D eigenvalue weighted by Crippen LogP contribution is -2.41. The van der Waals surface area contributed by atoms with E-state index in [1.54, 1.807) is 12.1 Å². The lowest BCUT2D eigenvalue weighted by atomic mass is 10.1. The number of aryl methyl sites for hydroxylation is 1. The van der Waals surface area contributed by atoms with E-state index in [1.807, 2.05) is 11.8 Å². The third-order valence-electron chi connectivity index (χ3n) is 3.26. The maximum absolute atomic E-state index is 12.3. The molecular weight excluding hydrogens is 350 g/mol. The number of benzene rings is 2. The summed E-state index contributed by atoms with van der Waals surface area (Å²) in [5.41, 5.74) is 2.82. The van der Waals surface area contributed by atoms with Crippen molar-refractivity contribution in [2.45, 2.75) is 11.8 Å². The van der Waals surface area contributed by atoms with Crippen LogP contribution in [0.5, 0.6) is 5.75 Å². The monoisotopic (exact) mass is 365 g/mol. The average Bonchev–Trinajstić information content (AvgIpc) is 2.59. The standard InChI is InChI=1S/C15H15N3O6S/c1-10-3-5-11(6-4-10)15(19)16-17-25(22,23)14-9-12(18(20)21)7-8-13(14)24-2/h3-9,17H,1-2H3,(H,16,19). The third kappa shape index (κ3) is 4.31. The number of carbonyl (C=O) groups is 1. The molecule has 0 saturated heterocycles. The largest absolute Gasteiger partial charge is 0.495 e. The number of hydrogen-bond donors (Lipinski definition) is 2. The lowest BCUT2D eigenvalue weighted by Gasteiger charge is -2.11. The molecule has 0 spiro atoms. The second-order valence-electron chi connectivity index (χ2n) is 5.02. The molecule has 132 valence electrons. The Morgan fingerprint density at radius 2 is 1.80 bits per heavy atom. The number of nitro groups is 1. The fourth-order valence-electron chi connectivity index (χ4n) is 1.93. The summed E-state index contributed by atoms with van der Waals surface area (Å²) in [4.78, 5) is 23.5. The molecule has 9 nitrogen and oxygen atoms in total. The molecule has 0 aliphatic rings. The Kier molecular flexibility index (Phi) is 5.35. The first-order chi connectivity index (χ1) is 11.7. The highest BCUT2D eigenvalue weighted by Gasteiger charge is 2.23. The van der Waals surface area contributed by atoms with Crippen LogP contribution in [0.2, 0.25) is 0 Å². The van der Waals surface area contributed by atoms with Gasteiger partial charge in [-0.25, -0.2) is 8.42 Å². The van der Waals surface area contributed by atoms with Gasteiger partial charge in [0.1, 0.15) is 10.6 Å². The Balaban J connectivity index is 2.24. The number of amides is 1. The van der Waals surface area contributed by atoms with Gasteiger partial charge in [0.05, 0.1) is 12.0 Å². The second kappa shape index (κ2) is 7.28. The lowest BCUT2D eigenvalue weighted by molar-refractivity contribution is -0.385. The Hall–Kier alpha value is -2.98. The molecule has 2 aromatic rings.